The van der Waals surface area contributed by atoms with Crippen molar-refractivity contribution < 1.29 is 9.59 Å². The highest BCUT2D eigenvalue weighted by Crippen LogP contribution is 2.45. The zero-order valence-corrected chi connectivity index (χ0v) is 19.0. The lowest BCUT2D eigenvalue weighted by atomic mass is 9.80. The average Bonchev–Trinajstić information content (AvgIpc) is 3.19. The normalized spacial score (nSPS) is 15.5. The van der Waals surface area contributed by atoms with E-state index in [1.165, 1.54) is 48.8 Å². The lowest BCUT2D eigenvalue weighted by molar-refractivity contribution is -0.126. The fourth-order valence-electron chi connectivity index (χ4n) is 5.88. The second-order valence-corrected chi connectivity index (χ2v) is 9.50. The standard InChI is InChI=1S/C30H30O2/c1-19(31)29(20(2)32)30-26(16-17-27-25-11-7-6-10-24(25)18-28(27)30)23-14-12-22(13-15-23)21-8-4-3-5-9-21/h6-7,10-17,21,29H,3-5,8-9,18H2,1-2H3. The van der Waals surface area contributed by atoms with E-state index in [1.54, 1.807) is 13.8 Å². The number of Topliss-reactive ketones (excluding diaryl/α,β-unsaturated/α-hetero) is 2. The van der Waals surface area contributed by atoms with Crippen molar-refractivity contribution in [3.05, 3.63) is 82.9 Å². The van der Waals surface area contributed by atoms with Gasteiger partial charge in [-0.1, -0.05) is 79.9 Å². The lowest BCUT2D eigenvalue weighted by Crippen LogP contribution is -2.20. The summed E-state index contributed by atoms with van der Waals surface area (Å²) >= 11 is 0. The molecule has 2 nitrogen and oxygen atoms in total. The van der Waals surface area contributed by atoms with Crippen LogP contribution in [-0.4, -0.2) is 11.6 Å². The predicted molar refractivity (Wildman–Crippen MR) is 130 cm³/mol. The smallest absolute Gasteiger partial charge is 0.144 e. The molecule has 2 aliphatic carbocycles. The topological polar surface area (TPSA) is 34.1 Å². The van der Waals surface area contributed by atoms with Gasteiger partial charge in [0.1, 0.15) is 17.5 Å². The van der Waals surface area contributed by atoms with Crippen LogP contribution in [0.5, 0.6) is 0 Å². The Kier molecular flexibility index (Phi) is 5.55. The van der Waals surface area contributed by atoms with E-state index in [0.29, 0.717) is 5.92 Å². The Morgan fingerprint density at radius 1 is 0.750 bits per heavy atom. The number of carbonyl (C=O) groups excluding carboxylic acids is 2. The minimum atomic E-state index is -0.715. The van der Waals surface area contributed by atoms with Crippen LogP contribution < -0.4 is 0 Å². The molecule has 0 radical (unpaired) electrons. The van der Waals surface area contributed by atoms with E-state index in [4.69, 9.17) is 0 Å². The molecule has 5 rings (SSSR count). The second kappa shape index (κ2) is 8.50. The van der Waals surface area contributed by atoms with Crippen LogP contribution in [0, 0.1) is 0 Å². The summed E-state index contributed by atoms with van der Waals surface area (Å²) in [6.07, 6.45) is 7.32. The molecule has 0 heterocycles. The van der Waals surface area contributed by atoms with Gasteiger partial charge in [-0.2, -0.15) is 0 Å². The van der Waals surface area contributed by atoms with E-state index in [-0.39, 0.29) is 11.6 Å². The van der Waals surface area contributed by atoms with Crippen molar-refractivity contribution in [2.45, 2.75) is 64.2 Å². The number of rotatable bonds is 5. The van der Waals surface area contributed by atoms with Crippen molar-refractivity contribution in [2.75, 3.05) is 0 Å². The highest BCUT2D eigenvalue weighted by atomic mass is 16.1. The van der Waals surface area contributed by atoms with Gasteiger partial charge in [-0.25, -0.2) is 0 Å². The van der Waals surface area contributed by atoms with Crippen LogP contribution in [0.1, 0.15) is 80.0 Å². The average molecular weight is 423 g/mol. The molecule has 0 aromatic heterocycles. The van der Waals surface area contributed by atoms with Crippen molar-refractivity contribution in [1.29, 1.82) is 0 Å². The molecular weight excluding hydrogens is 392 g/mol. The van der Waals surface area contributed by atoms with Crippen LogP contribution in [-0.2, 0) is 16.0 Å². The molecule has 3 aromatic carbocycles. The molecule has 0 saturated heterocycles. The van der Waals surface area contributed by atoms with Gasteiger partial charge in [-0.05, 0) is 83.5 Å². The summed E-state index contributed by atoms with van der Waals surface area (Å²) in [5.74, 6) is -0.217. The molecule has 0 spiro atoms. The summed E-state index contributed by atoms with van der Waals surface area (Å²) in [4.78, 5) is 25.4. The third-order valence-electron chi connectivity index (χ3n) is 7.43. The first-order valence-corrected chi connectivity index (χ1v) is 11.9. The third-order valence-corrected chi connectivity index (χ3v) is 7.43. The Bertz CT molecular complexity index is 1170. The Morgan fingerprint density at radius 3 is 2.09 bits per heavy atom. The van der Waals surface area contributed by atoms with Gasteiger partial charge in [0.25, 0.3) is 0 Å². The van der Waals surface area contributed by atoms with Crippen LogP contribution in [0.25, 0.3) is 22.3 Å². The van der Waals surface area contributed by atoms with Crippen LogP contribution in [0.3, 0.4) is 0 Å². The molecule has 2 heteroatoms. The van der Waals surface area contributed by atoms with Gasteiger partial charge in [-0.3, -0.25) is 9.59 Å². The summed E-state index contributed by atoms with van der Waals surface area (Å²) in [6, 6.07) is 21.6. The van der Waals surface area contributed by atoms with E-state index in [2.05, 4.69) is 60.7 Å². The molecule has 3 aromatic rings. The van der Waals surface area contributed by atoms with Crippen molar-refractivity contribution in [1.82, 2.24) is 0 Å². The second-order valence-electron chi connectivity index (χ2n) is 9.50. The molecule has 162 valence electrons. The fourth-order valence-corrected chi connectivity index (χ4v) is 5.88. The minimum Gasteiger partial charge on any atom is -0.299 e. The molecule has 0 aliphatic heterocycles. The highest BCUT2D eigenvalue weighted by molar-refractivity contribution is 6.08. The molecular formula is C30H30O2. The van der Waals surface area contributed by atoms with Crippen molar-refractivity contribution in [2.24, 2.45) is 0 Å². The van der Waals surface area contributed by atoms with Gasteiger partial charge in [0, 0.05) is 0 Å². The Labute approximate surface area is 190 Å². The molecule has 2 aliphatic rings. The first-order valence-electron chi connectivity index (χ1n) is 11.9. The molecule has 0 amide bonds. The first-order chi connectivity index (χ1) is 15.5. The molecule has 0 N–H and O–H groups in total. The molecule has 0 bridgehead atoms. The molecule has 0 atom stereocenters. The Morgan fingerprint density at radius 2 is 1.41 bits per heavy atom. The van der Waals surface area contributed by atoms with Gasteiger partial charge < -0.3 is 0 Å². The van der Waals surface area contributed by atoms with Crippen LogP contribution in [0.4, 0.5) is 0 Å². The van der Waals surface area contributed by atoms with Gasteiger partial charge in [-0.15, -0.1) is 0 Å². The first kappa shape index (κ1) is 20.9. The third kappa shape index (κ3) is 3.62. The SMILES string of the molecule is CC(=O)C(C(C)=O)c1c(-c2ccc(C3CCCCC3)cc2)ccc2c1Cc1ccccc1-2. The maximum atomic E-state index is 12.7. The minimum absolute atomic E-state index is 0.0815. The predicted octanol–water partition coefficient (Wildman–Crippen LogP) is 7.23. The monoisotopic (exact) mass is 422 g/mol. The zero-order valence-electron chi connectivity index (χ0n) is 19.0. The maximum absolute atomic E-state index is 12.7. The van der Waals surface area contributed by atoms with E-state index >= 15 is 0 Å². The van der Waals surface area contributed by atoms with Gasteiger partial charge in [0.05, 0.1) is 0 Å². The number of carbonyl (C=O) groups is 2. The zero-order chi connectivity index (χ0) is 22.2. The van der Waals surface area contributed by atoms with Crippen molar-refractivity contribution >= 4 is 11.6 Å². The largest absolute Gasteiger partial charge is 0.299 e. The quantitative estimate of drug-likeness (QED) is 0.318. The summed E-state index contributed by atoms with van der Waals surface area (Å²) < 4.78 is 0. The molecule has 0 unspecified atom stereocenters. The number of hydrogen-bond acceptors (Lipinski definition) is 2. The Hall–Kier alpha value is -3.00. The highest BCUT2D eigenvalue weighted by Gasteiger charge is 2.32. The number of fused-ring (bicyclic) bond motifs is 3. The molecule has 1 saturated carbocycles. The summed E-state index contributed by atoms with van der Waals surface area (Å²) in [5, 5.41) is 0. The Balaban J connectivity index is 1.63. The summed E-state index contributed by atoms with van der Waals surface area (Å²) in [6.45, 7) is 3.09. The van der Waals surface area contributed by atoms with Gasteiger partial charge >= 0.3 is 0 Å². The summed E-state index contributed by atoms with van der Waals surface area (Å²) in [5.41, 5.74) is 9.20. The molecule has 1 fully saturated rings. The maximum Gasteiger partial charge on any atom is 0.144 e. The van der Waals surface area contributed by atoms with Crippen LogP contribution >= 0.6 is 0 Å². The van der Waals surface area contributed by atoms with E-state index in [1.807, 2.05) is 0 Å². The number of benzene rings is 3. The van der Waals surface area contributed by atoms with Gasteiger partial charge in [0.15, 0.2) is 0 Å². The summed E-state index contributed by atoms with van der Waals surface area (Å²) in [7, 11) is 0. The van der Waals surface area contributed by atoms with E-state index < -0.39 is 5.92 Å². The van der Waals surface area contributed by atoms with Crippen molar-refractivity contribution in [3.63, 3.8) is 0 Å². The van der Waals surface area contributed by atoms with Crippen LogP contribution in [0.2, 0.25) is 0 Å². The molecule has 32 heavy (non-hydrogen) atoms. The van der Waals surface area contributed by atoms with Crippen molar-refractivity contribution in [3.8, 4) is 22.3 Å². The van der Waals surface area contributed by atoms with E-state index in [0.717, 1.165) is 34.2 Å². The fraction of sp³-hybridized carbons (Fsp3) is 0.333. The number of ketones is 2. The van der Waals surface area contributed by atoms with Crippen LogP contribution in [0.15, 0.2) is 60.7 Å². The number of hydrogen-bond donors (Lipinski definition) is 0. The van der Waals surface area contributed by atoms with Gasteiger partial charge in [0.2, 0.25) is 0 Å². The lowest BCUT2D eigenvalue weighted by Gasteiger charge is -2.23. The van der Waals surface area contributed by atoms with E-state index in [9.17, 15) is 9.59 Å².